The molecule has 25 heavy (non-hydrogen) atoms. The fourth-order valence-electron chi connectivity index (χ4n) is 1.70. The Hall–Kier alpha value is -2.02. The Morgan fingerprint density at radius 2 is 1.00 bits per heavy atom. The normalized spacial score (nSPS) is 14.3. The summed E-state index contributed by atoms with van der Waals surface area (Å²) in [6.07, 6.45) is -19.8. The molecule has 0 N–H and O–H groups in total. The summed E-state index contributed by atoms with van der Waals surface area (Å²) in [4.78, 5) is 21.5. The molecule has 146 valence electrons. The Balaban J connectivity index is 6.45. The van der Waals surface area contributed by atoms with Crippen LogP contribution in [0.1, 0.15) is 12.8 Å². The molecule has 0 aliphatic heterocycles. The summed E-state index contributed by atoms with van der Waals surface area (Å²) in [5, 5.41) is 21.5. The predicted molar refractivity (Wildman–Crippen MR) is 52.8 cm³/mol. The van der Waals surface area contributed by atoms with E-state index >= 15 is 0 Å². The lowest BCUT2D eigenvalue weighted by molar-refractivity contribution is -0.343. The molecule has 0 bridgehead atoms. The molecule has 0 aromatic carbocycles. The smallest absolute Gasteiger partial charge is 0.453 e. The third-order valence-electron chi connectivity index (χ3n) is 3.09. The van der Waals surface area contributed by atoms with E-state index in [9.17, 15) is 63.7 Å². The average molecular weight is 392 g/mol. The van der Waals surface area contributed by atoms with Crippen molar-refractivity contribution >= 4 is 11.9 Å². The van der Waals surface area contributed by atoms with E-state index in [0.717, 1.165) is 0 Å². The van der Waals surface area contributed by atoms with E-state index in [1.807, 2.05) is 0 Å². The van der Waals surface area contributed by atoms with E-state index in [4.69, 9.17) is 0 Å². The van der Waals surface area contributed by atoms with Crippen LogP contribution >= 0.6 is 0 Å². The molecule has 0 saturated carbocycles. The lowest BCUT2D eigenvalue weighted by Gasteiger charge is -2.41. The quantitative estimate of drug-likeness (QED) is 0.482. The number of carbonyl (C=O) groups excluding carboxylic acids is 2. The lowest BCUT2D eigenvalue weighted by Crippen LogP contribution is -2.56. The van der Waals surface area contributed by atoms with E-state index in [2.05, 4.69) is 6.58 Å². The zero-order chi connectivity index (χ0) is 20.6. The Morgan fingerprint density at radius 1 is 0.720 bits per heavy atom. The molecule has 0 aromatic heterocycles. The van der Waals surface area contributed by atoms with E-state index in [1.165, 1.54) is 0 Å². The van der Waals surface area contributed by atoms with Gasteiger partial charge in [0.15, 0.2) is 0 Å². The molecule has 0 unspecified atom stereocenters. The number of carboxylic acids is 2. The van der Waals surface area contributed by atoms with Gasteiger partial charge in [-0.3, -0.25) is 0 Å². The summed E-state index contributed by atoms with van der Waals surface area (Å²) < 4.78 is 125. The van der Waals surface area contributed by atoms with Gasteiger partial charge in [0.2, 0.25) is 0 Å². The number of carbonyl (C=O) groups is 2. The zero-order valence-corrected chi connectivity index (χ0v) is 11.5. The Bertz CT molecular complexity index is 532. The first-order valence-electron chi connectivity index (χ1n) is 5.72. The van der Waals surface area contributed by atoms with E-state index in [-0.39, 0.29) is 0 Å². The minimum absolute atomic E-state index is 2.20. The summed E-state index contributed by atoms with van der Waals surface area (Å²) in [6, 6.07) is 0. The van der Waals surface area contributed by atoms with Crippen LogP contribution in [0, 0.1) is 5.41 Å². The van der Waals surface area contributed by atoms with Gasteiger partial charge in [0.1, 0.15) is 0 Å². The summed E-state index contributed by atoms with van der Waals surface area (Å²) in [6.45, 7) is 2.20. The highest BCUT2D eigenvalue weighted by atomic mass is 19.4. The van der Waals surface area contributed by atoms with Crippen LogP contribution in [0.5, 0.6) is 0 Å². The summed E-state index contributed by atoms with van der Waals surface area (Å²) in [5.74, 6) is -18.6. The van der Waals surface area contributed by atoms with Crippen molar-refractivity contribution in [2.24, 2.45) is 5.41 Å². The molecule has 0 heterocycles. The number of rotatable bonds is 7. The molecule has 0 atom stereocenters. The highest BCUT2D eigenvalue weighted by Crippen LogP contribution is 2.52. The van der Waals surface area contributed by atoms with E-state index in [1.54, 1.807) is 0 Å². The summed E-state index contributed by atoms with van der Waals surface area (Å²) >= 11 is 0. The van der Waals surface area contributed by atoms with Gasteiger partial charge in [-0.2, -0.15) is 43.9 Å². The van der Waals surface area contributed by atoms with Gasteiger partial charge in [-0.05, 0) is 5.57 Å². The van der Waals surface area contributed by atoms with Gasteiger partial charge >= 0.3 is 24.2 Å². The van der Waals surface area contributed by atoms with Crippen LogP contribution in [0.3, 0.4) is 0 Å². The second kappa shape index (κ2) is 6.37. The van der Waals surface area contributed by atoms with E-state index < -0.39 is 60.0 Å². The van der Waals surface area contributed by atoms with Crippen LogP contribution in [0.25, 0.3) is 0 Å². The molecule has 14 heteroatoms. The molecular weight excluding hydrogens is 386 g/mol. The SMILES string of the molecule is C=C(C(=O)[O-])C(CC(F)(F)C(F)(F)F)(CC(F)(F)C(F)(F)F)C(=O)[O-]. The minimum Gasteiger partial charge on any atom is -0.549 e. The van der Waals surface area contributed by atoms with Crippen LogP contribution in [-0.2, 0) is 9.59 Å². The van der Waals surface area contributed by atoms with Crippen molar-refractivity contribution in [1.29, 1.82) is 0 Å². The molecular formula is C11H6F10O4-2. The standard InChI is InChI=1S/C11H8F10O4/c1-4(5(22)23)7(6(24)25,2-8(12,13)10(16,17)18)3-9(14,15)11(19,20)21/h1-3H2,(H,22,23)(H,24,25)/p-2. The Morgan fingerprint density at radius 3 is 1.16 bits per heavy atom. The average Bonchev–Trinajstić information content (AvgIpc) is 2.32. The molecule has 4 nitrogen and oxygen atoms in total. The van der Waals surface area contributed by atoms with Crippen molar-refractivity contribution in [3.8, 4) is 0 Å². The minimum atomic E-state index is -6.59. The number of carboxylic acid groups (broad SMARTS) is 2. The number of alkyl halides is 10. The maximum Gasteiger partial charge on any atom is 0.453 e. The largest absolute Gasteiger partial charge is 0.549 e. The van der Waals surface area contributed by atoms with Crippen LogP contribution in [0.2, 0.25) is 0 Å². The molecule has 0 aromatic rings. The van der Waals surface area contributed by atoms with Crippen LogP contribution in [0.15, 0.2) is 12.2 Å². The highest BCUT2D eigenvalue weighted by Gasteiger charge is 2.66. The second-order valence-electron chi connectivity index (χ2n) is 4.89. The number of hydrogen-bond acceptors (Lipinski definition) is 4. The Kier molecular flexibility index (Phi) is 5.85. The molecule has 0 aliphatic rings. The van der Waals surface area contributed by atoms with Gasteiger partial charge in [-0.1, -0.05) is 6.58 Å². The topological polar surface area (TPSA) is 80.3 Å². The Labute approximate surface area is 131 Å². The molecule has 0 amide bonds. The van der Waals surface area contributed by atoms with E-state index in [0.29, 0.717) is 0 Å². The number of aliphatic carboxylic acids is 2. The molecule has 0 saturated heterocycles. The third kappa shape index (κ3) is 4.54. The monoisotopic (exact) mass is 392 g/mol. The van der Waals surface area contributed by atoms with Gasteiger partial charge in [0, 0.05) is 18.3 Å². The van der Waals surface area contributed by atoms with Gasteiger partial charge in [0.25, 0.3) is 0 Å². The van der Waals surface area contributed by atoms with Gasteiger partial charge in [-0.15, -0.1) is 0 Å². The maximum absolute atomic E-state index is 13.1. The van der Waals surface area contributed by atoms with Crippen molar-refractivity contribution in [1.82, 2.24) is 0 Å². The van der Waals surface area contributed by atoms with Gasteiger partial charge in [0.05, 0.1) is 11.9 Å². The van der Waals surface area contributed by atoms with Crippen molar-refractivity contribution in [2.75, 3.05) is 0 Å². The first-order chi connectivity index (χ1) is 10.7. The number of halogens is 10. The van der Waals surface area contributed by atoms with Crippen molar-refractivity contribution in [2.45, 2.75) is 37.0 Å². The molecule has 0 rings (SSSR count). The van der Waals surface area contributed by atoms with Crippen LogP contribution < -0.4 is 10.2 Å². The van der Waals surface area contributed by atoms with Crippen molar-refractivity contribution in [3.05, 3.63) is 12.2 Å². The zero-order valence-electron chi connectivity index (χ0n) is 11.5. The lowest BCUT2D eigenvalue weighted by atomic mass is 9.71. The number of hydrogen-bond donors (Lipinski definition) is 0. The summed E-state index contributed by atoms with van der Waals surface area (Å²) in [7, 11) is 0. The highest BCUT2D eigenvalue weighted by molar-refractivity contribution is 5.94. The van der Waals surface area contributed by atoms with Crippen LogP contribution in [-0.4, -0.2) is 36.1 Å². The first-order valence-corrected chi connectivity index (χ1v) is 5.72. The molecule has 0 fully saturated rings. The molecule has 0 radical (unpaired) electrons. The van der Waals surface area contributed by atoms with Gasteiger partial charge < -0.3 is 19.8 Å². The molecule has 0 aliphatic carbocycles. The van der Waals surface area contributed by atoms with Crippen LogP contribution in [0.4, 0.5) is 43.9 Å². The van der Waals surface area contributed by atoms with Crippen molar-refractivity contribution < 1.29 is 63.7 Å². The fraction of sp³-hybridized carbons (Fsp3) is 0.636. The maximum atomic E-state index is 13.1. The third-order valence-corrected chi connectivity index (χ3v) is 3.09. The fourth-order valence-corrected chi connectivity index (χ4v) is 1.70. The molecule has 0 spiro atoms. The second-order valence-corrected chi connectivity index (χ2v) is 4.89. The predicted octanol–water partition coefficient (Wildman–Crippen LogP) is 1.20. The summed E-state index contributed by atoms with van der Waals surface area (Å²) in [5.41, 5.74) is -6.99. The van der Waals surface area contributed by atoms with Gasteiger partial charge in [-0.25, -0.2) is 0 Å². The first kappa shape index (κ1) is 23.0. The van der Waals surface area contributed by atoms with Crippen molar-refractivity contribution in [3.63, 3.8) is 0 Å².